The van der Waals surface area contributed by atoms with Crippen molar-refractivity contribution in [2.75, 3.05) is 17.6 Å². The molecule has 0 saturated heterocycles. The summed E-state index contributed by atoms with van der Waals surface area (Å²) >= 11 is 0. The van der Waals surface area contributed by atoms with Gasteiger partial charge < -0.3 is 11.1 Å². The molecule has 78 valence electrons. The minimum atomic E-state index is -2.61. The predicted molar refractivity (Wildman–Crippen MR) is 45.3 cm³/mol. The van der Waals surface area contributed by atoms with E-state index in [1.165, 1.54) is 0 Å². The summed E-state index contributed by atoms with van der Waals surface area (Å²) in [5.74, 6) is -1.84. The highest BCUT2D eigenvalue weighted by Crippen LogP contribution is 2.23. The molecule has 0 fully saturated rings. The molecule has 0 atom stereocenters. The zero-order valence-corrected chi connectivity index (χ0v) is 7.03. The van der Waals surface area contributed by atoms with E-state index in [1.807, 2.05) is 0 Å². The van der Waals surface area contributed by atoms with Gasteiger partial charge in [-0.1, -0.05) is 0 Å². The van der Waals surface area contributed by atoms with Crippen LogP contribution in [-0.2, 0) is 0 Å². The van der Waals surface area contributed by atoms with Crippen LogP contribution in [0.1, 0.15) is 0 Å². The van der Waals surface area contributed by atoms with Crippen molar-refractivity contribution in [2.24, 2.45) is 0 Å². The number of nitrogens with one attached hydrogen (secondary N) is 1. The van der Waals surface area contributed by atoms with Gasteiger partial charge >= 0.3 is 0 Å². The molecule has 6 heteroatoms. The van der Waals surface area contributed by atoms with Crippen molar-refractivity contribution in [3.63, 3.8) is 0 Å². The predicted octanol–water partition coefficient (Wildman–Crippen LogP) is 2.22. The maximum atomic E-state index is 12.8. The molecule has 0 amide bonds. The molecule has 0 radical (unpaired) electrons. The van der Waals surface area contributed by atoms with Gasteiger partial charge in [0.25, 0.3) is 6.43 Å². The minimum absolute atomic E-state index is 0.164. The van der Waals surface area contributed by atoms with Gasteiger partial charge in [0.15, 0.2) is 5.82 Å². The molecule has 14 heavy (non-hydrogen) atoms. The second-order valence-electron chi connectivity index (χ2n) is 2.62. The van der Waals surface area contributed by atoms with Crippen LogP contribution in [0.25, 0.3) is 0 Å². The van der Waals surface area contributed by atoms with Crippen molar-refractivity contribution in [2.45, 2.75) is 6.43 Å². The summed E-state index contributed by atoms with van der Waals surface area (Å²) in [7, 11) is 0. The van der Waals surface area contributed by atoms with E-state index in [-0.39, 0.29) is 11.4 Å². The smallest absolute Gasteiger partial charge is 0.255 e. The molecule has 0 aliphatic heterocycles. The van der Waals surface area contributed by atoms with Gasteiger partial charge in [0.1, 0.15) is 5.82 Å². The quantitative estimate of drug-likeness (QED) is 0.590. The zero-order chi connectivity index (χ0) is 10.7. The van der Waals surface area contributed by atoms with Gasteiger partial charge in [-0.25, -0.2) is 17.6 Å². The molecule has 1 aromatic carbocycles. The summed E-state index contributed by atoms with van der Waals surface area (Å²) in [5, 5.41) is 2.14. The van der Waals surface area contributed by atoms with Gasteiger partial charge in [0.05, 0.1) is 17.9 Å². The first-order valence-electron chi connectivity index (χ1n) is 3.77. The van der Waals surface area contributed by atoms with E-state index in [0.717, 1.165) is 6.07 Å². The number of anilines is 2. The topological polar surface area (TPSA) is 38.0 Å². The van der Waals surface area contributed by atoms with Crippen LogP contribution in [0.3, 0.4) is 0 Å². The lowest BCUT2D eigenvalue weighted by atomic mass is 10.2. The van der Waals surface area contributed by atoms with Crippen molar-refractivity contribution in [3.8, 4) is 0 Å². The number of halogens is 4. The van der Waals surface area contributed by atoms with E-state index in [0.29, 0.717) is 6.07 Å². The fourth-order valence-corrected chi connectivity index (χ4v) is 0.918. The minimum Gasteiger partial charge on any atom is -0.395 e. The third-order valence-corrected chi connectivity index (χ3v) is 1.54. The Hall–Kier alpha value is -1.46. The summed E-state index contributed by atoms with van der Waals surface area (Å²) in [6, 6.07) is 1.45. The number of hydrogen-bond acceptors (Lipinski definition) is 2. The van der Waals surface area contributed by atoms with Gasteiger partial charge in [-0.15, -0.1) is 0 Å². The Kier molecular flexibility index (Phi) is 3.16. The van der Waals surface area contributed by atoms with E-state index < -0.39 is 24.6 Å². The number of alkyl halides is 2. The Morgan fingerprint density at radius 2 is 1.93 bits per heavy atom. The number of nitrogens with two attached hydrogens (primary N) is 1. The first kappa shape index (κ1) is 10.6. The van der Waals surface area contributed by atoms with E-state index >= 15 is 0 Å². The number of rotatable bonds is 3. The molecule has 0 heterocycles. The first-order valence-corrected chi connectivity index (χ1v) is 3.77. The van der Waals surface area contributed by atoms with Crippen LogP contribution in [0, 0.1) is 11.6 Å². The Labute approximate surface area is 77.7 Å². The van der Waals surface area contributed by atoms with Gasteiger partial charge in [-0.3, -0.25) is 0 Å². The summed E-state index contributed by atoms with van der Waals surface area (Å²) < 4.78 is 48.9. The lowest BCUT2D eigenvalue weighted by molar-refractivity contribution is 0.163. The van der Waals surface area contributed by atoms with Crippen LogP contribution >= 0.6 is 0 Å². The SMILES string of the molecule is Nc1c(F)cc(F)cc1NCC(F)F. The lowest BCUT2D eigenvalue weighted by Crippen LogP contribution is -2.12. The van der Waals surface area contributed by atoms with Gasteiger partial charge in [0, 0.05) is 6.07 Å². The fourth-order valence-electron chi connectivity index (χ4n) is 0.918. The van der Waals surface area contributed by atoms with Gasteiger partial charge in [0.2, 0.25) is 0 Å². The molecule has 0 aliphatic carbocycles. The monoisotopic (exact) mass is 208 g/mol. The standard InChI is InChI=1S/C8H8F4N2/c9-4-1-5(10)8(13)6(2-4)14-3-7(11)12/h1-2,7,14H,3,13H2. The van der Waals surface area contributed by atoms with E-state index in [2.05, 4.69) is 5.32 Å². The lowest BCUT2D eigenvalue weighted by Gasteiger charge is -2.09. The Bertz CT molecular complexity index is 327. The molecular formula is C8H8F4N2. The molecule has 0 spiro atoms. The molecule has 0 aromatic heterocycles. The Balaban J connectivity index is 2.85. The maximum absolute atomic E-state index is 12.8. The highest BCUT2D eigenvalue weighted by Gasteiger charge is 2.09. The van der Waals surface area contributed by atoms with E-state index in [1.54, 1.807) is 0 Å². The van der Waals surface area contributed by atoms with Crippen molar-refractivity contribution in [3.05, 3.63) is 23.8 Å². The largest absolute Gasteiger partial charge is 0.395 e. The highest BCUT2D eigenvalue weighted by molar-refractivity contribution is 5.66. The second kappa shape index (κ2) is 4.17. The van der Waals surface area contributed by atoms with Crippen LogP contribution in [0.4, 0.5) is 28.9 Å². The number of hydrogen-bond donors (Lipinski definition) is 2. The number of nitrogen functional groups attached to an aromatic ring is 1. The van der Waals surface area contributed by atoms with Crippen molar-refractivity contribution in [1.82, 2.24) is 0 Å². The van der Waals surface area contributed by atoms with Crippen molar-refractivity contribution >= 4 is 11.4 Å². The van der Waals surface area contributed by atoms with Crippen LogP contribution in [0.15, 0.2) is 12.1 Å². The highest BCUT2D eigenvalue weighted by atomic mass is 19.3. The van der Waals surface area contributed by atoms with E-state index in [9.17, 15) is 17.6 Å². The van der Waals surface area contributed by atoms with Crippen LogP contribution in [0.5, 0.6) is 0 Å². The zero-order valence-electron chi connectivity index (χ0n) is 7.03. The van der Waals surface area contributed by atoms with Crippen molar-refractivity contribution < 1.29 is 17.6 Å². The van der Waals surface area contributed by atoms with Crippen molar-refractivity contribution in [1.29, 1.82) is 0 Å². The summed E-state index contributed by atoms with van der Waals surface area (Å²) in [6.45, 7) is -0.701. The van der Waals surface area contributed by atoms with Gasteiger partial charge in [-0.05, 0) is 6.07 Å². The summed E-state index contributed by atoms with van der Waals surface area (Å²) in [6.07, 6.45) is -2.61. The van der Waals surface area contributed by atoms with Gasteiger partial charge in [-0.2, -0.15) is 0 Å². The molecule has 0 aliphatic rings. The summed E-state index contributed by atoms with van der Waals surface area (Å²) in [5.41, 5.74) is 4.66. The average Bonchev–Trinajstić information content (AvgIpc) is 2.08. The molecule has 0 bridgehead atoms. The maximum Gasteiger partial charge on any atom is 0.255 e. The molecular weight excluding hydrogens is 200 g/mol. The third-order valence-electron chi connectivity index (χ3n) is 1.54. The molecule has 1 aromatic rings. The third kappa shape index (κ3) is 2.51. The molecule has 0 unspecified atom stereocenters. The van der Waals surface area contributed by atoms with E-state index in [4.69, 9.17) is 5.73 Å². The van der Waals surface area contributed by atoms with Crippen LogP contribution < -0.4 is 11.1 Å². The van der Waals surface area contributed by atoms with Crippen LogP contribution in [0.2, 0.25) is 0 Å². The Morgan fingerprint density at radius 1 is 1.29 bits per heavy atom. The molecule has 0 saturated carbocycles. The first-order chi connectivity index (χ1) is 6.50. The molecule has 1 rings (SSSR count). The normalized spacial score (nSPS) is 10.6. The number of benzene rings is 1. The molecule has 2 nitrogen and oxygen atoms in total. The molecule has 3 N–H and O–H groups in total. The average molecular weight is 208 g/mol. The fraction of sp³-hybridized carbons (Fsp3) is 0.250. The van der Waals surface area contributed by atoms with Crippen LogP contribution in [-0.4, -0.2) is 13.0 Å². The Morgan fingerprint density at radius 3 is 2.50 bits per heavy atom. The summed E-state index contributed by atoms with van der Waals surface area (Å²) in [4.78, 5) is 0. The second-order valence-corrected chi connectivity index (χ2v) is 2.62.